The van der Waals surface area contributed by atoms with Gasteiger partial charge in [0.1, 0.15) is 11.5 Å². The molecule has 154 valence electrons. The highest BCUT2D eigenvalue weighted by Gasteiger charge is 2.33. The van der Waals surface area contributed by atoms with Gasteiger partial charge in [-0.2, -0.15) is 0 Å². The van der Waals surface area contributed by atoms with Gasteiger partial charge in [0.2, 0.25) is 0 Å². The van der Waals surface area contributed by atoms with Crippen LogP contribution in [0, 0.1) is 0 Å². The Bertz CT molecular complexity index is 1240. The summed E-state index contributed by atoms with van der Waals surface area (Å²) in [6.45, 7) is 1.51. The molecule has 1 aliphatic heterocycles. The van der Waals surface area contributed by atoms with Gasteiger partial charge in [0.25, 0.3) is 5.91 Å². The fourth-order valence-corrected chi connectivity index (χ4v) is 4.31. The SMILES string of the molecule is CC(=O)c1ccc(-c2ccc(/C=C3\SC(=S)N(c4ccc(C(=O)O)cc4)C3=O)o2)cc1. The van der Waals surface area contributed by atoms with E-state index in [2.05, 4.69) is 0 Å². The fourth-order valence-electron chi connectivity index (χ4n) is 3.03. The summed E-state index contributed by atoms with van der Waals surface area (Å²) in [5.41, 5.74) is 2.07. The third-order valence-electron chi connectivity index (χ3n) is 4.64. The van der Waals surface area contributed by atoms with E-state index in [0.29, 0.717) is 32.0 Å². The third-order valence-corrected chi connectivity index (χ3v) is 5.94. The van der Waals surface area contributed by atoms with E-state index < -0.39 is 5.97 Å². The number of benzene rings is 2. The minimum Gasteiger partial charge on any atom is -0.478 e. The first kappa shape index (κ1) is 20.8. The van der Waals surface area contributed by atoms with Crippen molar-refractivity contribution < 1.29 is 23.9 Å². The van der Waals surface area contributed by atoms with Crippen LogP contribution in [0.15, 0.2) is 70.0 Å². The van der Waals surface area contributed by atoms with Crippen LogP contribution in [0.3, 0.4) is 0 Å². The summed E-state index contributed by atoms with van der Waals surface area (Å²) >= 11 is 6.49. The largest absolute Gasteiger partial charge is 0.478 e. The lowest BCUT2D eigenvalue weighted by Crippen LogP contribution is -2.27. The first-order valence-corrected chi connectivity index (χ1v) is 10.4. The van der Waals surface area contributed by atoms with Crippen molar-refractivity contribution >= 4 is 57.7 Å². The summed E-state index contributed by atoms with van der Waals surface area (Å²) in [5, 5.41) is 9.03. The molecule has 0 aliphatic carbocycles. The lowest BCUT2D eigenvalue weighted by Gasteiger charge is -2.14. The summed E-state index contributed by atoms with van der Waals surface area (Å²) in [6.07, 6.45) is 1.62. The molecule has 0 unspecified atom stereocenters. The van der Waals surface area contributed by atoms with Gasteiger partial charge in [-0.3, -0.25) is 14.5 Å². The second-order valence-corrected chi connectivity index (χ2v) is 8.38. The lowest BCUT2D eigenvalue weighted by atomic mass is 10.1. The van der Waals surface area contributed by atoms with Crippen molar-refractivity contribution in [2.24, 2.45) is 0 Å². The number of nitrogens with zero attached hydrogens (tertiary/aromatic N) is 1. The zero-order valence-corrected chi connectivity index (χ0v) is 17.8. The minimum atomic E-state index is -1.04. The molecule has 1 saturated heterocycles. The molecule has 2 heterocycles. The number of hydrogen-bond donors (Lipinski definition) is 1. The number of furan rings is 1. The van der Waals surface area contributed by atoms with Crippen molar-refractivity contribution in [2.45, 2.75) is 6.92 Å². The molecule has 4 rings (SSSR count). The molecule has 1 aliphatic rings. The molecule has 31 heavy (non-hydrogen) atoms. The highest BCUT2D eigenvalue weighted by Crippen LogP contribution is 2.36. The predicted octanol–water partition coefficient (Wildman–Crippen LogP) is 5.25. The fraction of sp³-hybridized carbons (Fsp3) is 0.0435. The molecule has 3 aromatic rings. The summed E-state index contributed by atoms with van der Waals surface area (Å²) in [4.78, 5) is 37.1. The van der Waals surface area contributed by atoms with Gasteiger partial charge in [-0.25, -0.2) is 4.79 Å². The average Bonchev–Trinajstić information content (AvgIpc) is 3.32. The van der Waals surface area contributed by atoms with E-state index in [1.54, 1.807) is 54.6 Å². The van der Waals surface area contributed by atoms with E-state index in [1.165, 1.54) is 24.0 Å². The van der Waals surface area contributed by atoms with Crippen molar-refractivity contribution in [3.05, 3.63) is 82.5 Å². The van der Waals surface area contributed by atoms with Crippen molar-refractivity contribution in [1.29, 1.82) is 0 Å². The van der Waals surface area contributed by atoms with Crippen LogP contribution in [0.5, 0.6) is 0 Å². The van der Waals surface area contributed by atoms with Crippen LogP contribution in [0.1, 0.15) is 33.4 Å². The standard InChI is InChI=1S/C23H15NO5S2/c1-13(25)14-2-4-15(5-3-14)19-11-10-18(29-19)12-20-21(26)24(23(30)31-20)17-8-6-16(7-9-17)22(27)28/h2-12H,1H3,(H,27,28)/b20-12-. The Morgan fingerprint density at radius 1 is 1.00 bits per heavy atom. The minimum absolute atomic E-state index is 0.00805. The summed E-state index contributed by atoms with van der Waals surface area (Å²) in [5.74, 6) is -0.247. The summed E-state index contributed by atoms with van der Waals surface area (Å²) in [7, 11) is 0. The van der Waals surface area contributed by atoms with E-state index >= 15 is 0 Å². The quantitative estimate of drug-likeness (QED) is 0.323. The summed E-state index contributed by atoms with van der Waals surface area (Å²) < 4.78 is 6.20. The van der Waals surface area contributed by atoms with E-state index in [1.807, 2.05) is 0 Å². The van der Waals surface area contributed by atoms with Gasteiger partial charge >= 0.3 is 5.97 Å². The molecule has 1 N–H and O–H groups in total. The van der Waals surface area contributed by atoms with Crippen molar-refractivity contribution in [3.63, 3.8) is 0 Å². The predicted molar refractivity (Wildman–Crippen MR) is 123 cm³/mol. The zero-order valence-electron chi connectivity index (χ0n) is 16.2. The molecule has 6 nitrogen and oxygen atoms in total. The molecular weight excluding hydrogens is 434 g/mol. The number of carboxylic acids is 1. The number of rotatable bonds is 5. The number of ketones is 1. The van der Waals surface area contributed by atoms with Gasteiger partial charge in [-0.1, -0.05) is 48.2 Å². The Labute approximate surface area is 187 Å². The number of anilines is 1. The molecule has 0 saturated carbocycles. The Balaban J connectivity index is 1.56. The Morgan fingerprint density at radius 3 is 2.26 bits per heavy atom. The maximum atomic E-state index is 12.9. The molecule has 0 bridgehead atoms. The van der Waals surface area contributed by atoms with Crippen molar-refractivity contribution in [2.75, 3.05) is 4.90 Å². The van der Waals surface area contributed by atoms with Crippen molar-refractivity contribution in [3.8, 4) is 11.3 Å². The lowest BCUT2D eigenvalue weighted by molar-refractivity contribution is -0.113. The summed E-state index contributed by atoms with van der Waals surface area (Å²) in [6, 6.07) is 16.6. The number of carboxylic acid groups (broad SMARTS) is 1. The molecule has 0 spiro atoms. The molecule has 8 heteroatoms. The number of amides is 1. The van der Waals surface area contributed by atoms with E-state index in [0.717, 1.165) is 17.3 Å². The highest BCUT2D eigenvalue weighted by molar-refractivity contribution is 8.27. The molecule has 1 amide bonds. The van der Waals surface area contributed by atoms with Crippen LogP contribution in [0.2, 0.25) is 0 Å². The van der Waals surface area contributed by atoms with Crippen molar-refractivity contribution in [1.82, 2.24) is 0 Å². The van der Waals surface area contributed by atoms with E-state index in [9.17, 15) is 14.4 Å². The van der Waals surface area contributed by atoms with Crippen LogP contribution in [-0.4, -0.2) is 27.1 Å². The third kappa shape index (κ3) is 4.21. The Hall–Kier alpha value is -3.49. The number of thiocarbonyl (C=S) groups is 1. The van der Waals surface area contributed by atoms with Crippen LogP contribution in [0.25, 0.3) is 17.4 Å². The second-order valence-electron chi connectivity index (χ2n) is 6.70. The molecule has 1 fully saturated rings. The van der Waals surface area contributed by atoms with Crippen LogP contribution < -0.4 is 4.90 Å². The van der Waals surface area contributed by atoms with E-state index in [-0.39, 0.29) is 17.3 Å². The number of carbonyl (C=O) groups excluding carboxylic acids is 2. The second kappa shape index (κ2) is 8.33. The highest BCUT2D eigenvalue weighted by atomic mass is 32.2. The van der Waals surface area contributed by atoms with Crippen LogP contribution in [0.4, 0.5) is 5.69 Å². The monoisotopic (exact) mass is 449 g/mol. The number of hydrogen-bond acceptors (Lipinski definition) is 6. The first-order chi connectivity index (χ1) is 14.8. The van der Waals surface area contributed by atoms with E-state index in [4.69, 9.17) is 21.7 Å². The number of aromatic carboxylic acids is 1. The smallest absolute Gasteiger partial charge is 0.335 e. The number of carbonyl (C=O) groups is 3. The zero-order chi connectivity index (χ0) is 22.1. The van der Waals surface area contributed by atoms with Gasteiger partial charge < -0.3 is 9.52 Å². The van der Waals surface area contributed by atoms with Gasteiger partial charge in [0.15, 0.2) is 10.1 Å². The average molecular weight is 450 g/mol. The van der Waals surface area contributed by atoms with Gasteiger partial charge in [-0.15, -0.1) is 0 Å². The normalized spacial score (nSPS) is 15.0. The Morgan fingerprint density at radius 2 is 1.65 bits per heavy atom. The molecule has 1 aromatic heterocycles. The van der Waals surface area contributed by atoms with Gasteiger partial charge in [-0.05, 0) is 43.3 Å². The van der Waals surface area contributed by atoms with Crippen LogP contribution in [-0.2, 0) is 4.79 Å². The van der Waals surface area contributed by atoms with Gasteiger partial charge in [0.05, 0.1) is 16.2 Å². The molecule has 0 atom stereocenters. The number of Topliss-reactive ketones (excluding diaryl/α,β-unsaturated/α-hetero) is 1. The topological polar surface area (TPSA) is 87.8 Å². The first-order valence-electron chi connectivity index (χ1n) is 9.16. The molecule has 2 aromatic carbocycles. The molecule has 0 radical (unpaired) electrons. The Kier molecular flexibility index (Phi) is 5.58. The van der Waals surface area contributed by atoms with Crippen LogP contribution >= 0.6 is 24.0 Å². The maximum absolute atomic E-state index is 12.9. The van der Waals surface area contributed by atoms with Gasteiger partial charge in [0, 0.05) is 17.2 Å². The molecular formula is C23H15NO5S2. The maximum Gasteiger partial charge on any atom is 0.335 e. The number of thioether (sulfide) groups is 1.